The van der Waals surface area contributed by atoms with E-state index in [9.17, 15) is 14.4 Å². The SMILES string of the molecule is CCCN1C(=O)NC(c2cccc(NC(=O)Cc3cccs3)c2)C(C(=O)OCC(C)C)=C1C. The molecule has 0 spiro atoms. The number of anilines is 1. The van der Waals surface area contributed by atoms with Crippen molar-refractivity contribution >= 4 is 34.9 Å². The van der Waals surface area contributed by atoms with Gasteiger partial charge in [0, 0.05) is 22.8 Å². The predicted octanol–water partition coefficient (Wildman–Crippen LogP) is 4.88. The van der Waals surface area contributed by atoms with Crippen LogP contribution >= 0.6 is 11.3 Å². The van der Waals surface area contributed by atoms with Crippen LogP contribution in [0.15, 0.2) is 53.0 Å². The molecule has 3 rings (SSSR count). The minimum atomic E-state index is -0.667. The Kier molecular flexibility index (Phi) is 8.27. The third-order valence-electron chi connectivity index (χ3n) is 5.23. The summed E-state index contributed by atoms with van der Waals surface area (Å²) in [6.07, 6.45) is 1.05. The van der Waals surface area contributed by atoms with E-state index < -0.39 is 12.0 Å². The van der Waals surface area contributed by atoms with Crippen LogP contribution in [0.1, 0.15) is 50.6 Å². The Morgan fingerprint density at radius 3 is 2.70 bits per heavy atom. The van der Waals surface area contributed by atoms with Crippen LogP contribution in [0.25, 0.3) is 0 Å². The molecule has 8 heteroatoms. The summed E-state index contributed by atoms with van der Waals surface area (Å²) >= 11 is 1.53. The highest BCUT2D eigenvalue weighted by Crippen LogP contribution is 2.32. The van der Waals surface area contributed by atoms with Crippen LogP contribution in [0.2, 0.25) is 0 Å². The minimum absolute atomic E-state index is 0.125. The van der Waals surface area contributed by atoms with Gasteiger partial charge in [-0.15, -0.1) is 11.3 Å². The number of thiophene rings is 1. The highest BCUT2D eigenvalue weighted by Gasteiger charge is 2.36. The number of esters is 1. The number of ether oxygens (including phenoxy) is 1. The maximum absolute atomic E-state index is 13.1. The first kappa shape index (κ1) is 24.5. The molecule has 2 heterocycles. The molecule has 7 nitrogen and oxygen atoms in total. The van der Waals surface area contributed by atoms with Gasteiger partial charge >= 0.3 is 12.0 Å². The molecule has 2 aromatic rings. The van der Waals surface area contributed by atoms with Crippen LogP contribution in [0, 0.1) is 5.92 Å². The summed E-state index contributed by atoms with van der Waals surface area (Å²) in [5.74, 6) is -0.376. The van der Waals surface area contributed by atoms with Gasteiger partial charge < -0.3 is 15.4 Å². The van der Waals surface area contributed by atoms with Gasteiger partial charge in [-0.25, -0.2) is 9.59 Å². The Morgan fingerprint density at radius 1 is 1.24 bits per heavy atom. The van der Waals surface area contributed by atoms with Gasteiger partial charge in [-0.1, -0.05) is 39.0 Å². The van der Waals surface area contributed by atoms with E-state index in [1.165, 1.54) is 11.3 Å². The van der Waals surface area contributed by atoms with Crippen LogP contribution in [-0.2, 0) is 20.7 Å². The minimum Gasteiger partial charge on any atom is -0.462 e. The molecule has 3 amide bonds. The molecular formula is C25H31N3O4S. The fraction of sp³-hybridized carbons (Fsp3) is 0.400. The van der Waals surface area contributed by atoms with Crippen molar-refractivity contribution in [3.63, 3.8) is 0 Å². The molecule has 1 aliphatic rings. The van der Waals surface area contributed by atoms with E-state index in [0.29, 0.717) is 42.1 Å². The van der Waals surface area contributed by atoms with Gasteiger partial charge in [-0.2, -0.15) is 0 Å². The Balaban J connectivity index is 1.88. The van der Waals surface area contributed by atoms with Crippen LogP contribution < -0.4 is 10.6 Å². The molecule has 0 bridgehead atoms. The zero-order chi connectivity index (χ0) is 24.0. The molecule has 1 aliphatic heterocycles. The number of allylic oxidation sites excluding steroid dienone is 1. The van der Waals surface area contributed by atoms with E-state index in [2.05, 4.69) is 10.6 Å². The van der Waals surface area contributed by atoms with Crippen LogP contribution in [-0.4, -0.2) is 36.0 Å². The van der Waals surface area contributed by atoms with Crippen molar-refractivity contribution in [2.45, 2.75) is 46.6 Å². The molecule has 0 radical (unpaired) electrons. The fourth-order valence-electron chi connectivity index (χ4n) is 3.68. The Hall–Kier alpha value is -3.13. The van der Waals surface area contributed by atoms with E-state index in [-0.39, 0.29) is 17.9 Å². The molecule has 1 aromatic heterocycles. The number of carbonyl (C=O) groups is 3. The van der Waals surface area contributed by atoms with Crippen molar-refractivity contribution in [3.8, 4) is 0 Å². The van der Waals surface area contributed by atoms with Crippen molar-refractivity contribution < 1.29 is 19.1 Å². The monoisotopic (exact) mass is 469 g/mol. The largest absolute Gasteiger partial charge is 0.462 e. The molecule has 0 saturated heterocycles. The second-order valence-electron chi connectivity index (χ2n) is 8.46. The van der Waals surface area contributed by atoms with E-state index in [4.69, 9.17) is 4.74 Å². The number of amides is 3. The van der Waals surface area contributed by atoms with Gasteiger partial charge in [0.2, 0.25) is 5.91 Å². The maximum atomic E-state index is 13.1. The van der Waals surface area contributed by atoms with Crippen molar-refractivity contribution in [2.75, 3.05) is 18.5 Å². The van der Waals surface area contributed by atoms with Gasteiger partial charge in [0.15, 0.2) is 0 Å². The topological polar surface area (TPSA) is 87.7 Å². The first-order chi connectivity index (χ1) is 15.8. The number of carbonyl (C=O) groups excluding carboxylic acids is 3. The maximum Gasteiger partial charge on any atom is 0.338 e. The number of benzene rings is 1. The average molecular weight is 470 g/mol. The normalized spacial score (nSPS) is 16.1. The van der Waals surface area contributed by atoms with Crippen LogP contribution in [0.3, 0.4) is 0 Å². The molecule has 1 unspecified atom stereocenters. The smallest absolute Gasteiger partial charge is 0.338 e. The van der Waals surface area contributed by atoms with Crippen molar-refractivity contribution in [1.82, 2.24) is 10.2 Å². The molecule has 0 saturated carbocycles. The summed E-state index contributed by atoms with van der Waals surface area (Å²) in [5, 5.41) is 7.79. The summed E-state index contributed by atoms with van der Waals surface area (Å²) in [6, 6.07) is 10.1. The van der Waals surface area contributed by atoms with Gasteiger partial charge in [0.25, 0.3) is 0 Å². The Labute approximate surface area is 198 Å². The summed E-state index contributed by atoms with van der Waals surface area (Å²) in [6.45, 7) is 8.50. The molecule has 1 aromatic carbocycles. The Bertz CT molecular complexity index is 1030. The molecule has 0 fully saturated rings. The summed E-state index contributed by atoms with van der Waals surface area (Å²) < 4.78 is 5.54. The molecule has 1 atom stereocenters. The molecule has 33 heavy (non-hydrogen) atoms. The zero-order valence-corrected chi connectivity index (χ0v) is 20.3. The Morgan fingerprint density at radius 2 is 2.03 bits per heavy atom. The second kappa shape index (κ2) is 11.1. The van der Waals surface area contributed by atoms with Gasteiger partial charge in [-0.3, -0.25) is 9.69 Å². The van der Waals surface area contributed by atoms with E-state index in [1.54, 1.807) is 30.0 Å². The van der Waals surface area contributed by atoms with Crippen LogP contribution in [0.5, 0.6) is 0 Å². The summed E-state index contributed by atoms with van der Waals surface area (Å²) in [7, 11) is 0. The number of nitrogens with zero attached hydrogens (tertiary/aromatic N) is 1. The third-order valence-corrected chi connectivity index (χ3v) is 6.11. The highest BCUT2D eigenvalue weighted by molar-refractivity contribution is 7.10. The lowest BCUT2D eigenvalue weighted by atomic mass is 9.94. The first-order valence-electron chi connectivity index (χ1n) is 11.2. The standard InChI is InChI=1S/C25H31N3O4S/c1-5-11-28-17(4)22(24(30)32-15-16(2)3)23(27-25(28)31)18-8-6-9-19(13-18)26-21(29)14-20-10-7-12-33-20/h6-10,12-13,16,23H,5,11,14-15H2,1-4H3,(H,26,29)(H,27,31). The first-order valence-corrected chi connectivity index (χ1v) is 12.1. The lowest BCUT2D eigenvalue weighted by molar-refractivity contribution is -0.140. The zero-order valence-electron chi connectivity index (χ0n) is 19.5. The summed E-state index contributed by atoms with van der Waals surface area (Å²) in [4.78, 5) is 40.9. The molecule has 2 N–H and O–H groups in total. The number of urea groups is 1. The molecule has 176 valence electrons. The van der Waals surface area contributed by atoms with E-state index in [0.717, 1.165) is 11.3 Å². The predicted molar refractivity (Wildman–Crippen MR) is 130 cm³/mol. The number of rotatable bonds is 9. The number of hydrogen-bond donors (Lipinski definition) is 2. The van der Waals surface area contributed by atoms with E-state index >= 15 is 0 Å². The average Bonchev–Trinajstić information content (AvgIpc) is 3.27. The third kappa shape index (κ3) is 6.22. The lowest BCUT2D eigenvalue weighted by Gasteiger charge is -2.35. The van der Waals surface area contributed by atoms with Crippen molar-refractivity contribution in [1.29, 1.82) is 0 Å². The van der Waals surface area contributed by atoms with E-state index in [1.807, 2.05) is 44.4 Å². The lowest BCUT2D eigenvalue weighted by Crippen LogP contribution is -2.48. The van der Waals surface area contributed by atoms with Gasteiger partial charge in [-0.05, 0) is 48.4 Å². The van der Waals surface area contributed by atoms with Crippen molar-refractivity contribution in [2.24, 2.45) is 5.92 Å². The van der Waals surface area contributed by atoms with Gasteiger partial charge in [0.05, 0.1) is 24.6 Å². The van der Waals surface area contributed by atoms with Crippen LogP contribution in [0.4, 0.5) is 10.5 Å². The number of hydrogen-bond acceptors (Lipinski definition) is 5. The molecule has 0 aliphatic carbocycles. The quantitative estimate of drug-likeness (QED) is 0.513. The highest BCUT2D eigenvalue weighted by atomic mass is 32.1. The van der Waals surface area contributed by atoms with Gasteiger partial charge in [0.1, 0.15) is 0 Å². The second-order valence-corrected chi connectivity index (χ2v) is 9.49. The molecular weight excluding hydrogens is 438 g/mol. The van der Waals surface area contributed by atoms with Crippen molar-refractivity contribution in [3.05, 3.63) is 63.5 Å². The number of nitrogens with one attached hydrogen (secondary N) is 2. The summed E-state index contributed by atoms with van der Waals surface area (Å²) in [5.41, 5.74) is 2.30. The fourth-order valence-corrected chi connectivity index (χ4v) is 4.38.